The van der Waals surface area contributed by atoms with Crippen LogP contribution in [-0.2, 0) is 4.74 Å². The van der Waals surface area contributed by atoms with Crippen LogP contribution < -0.4 is 11.1 Å². The lowest BCUT2D eigenvalue weighted by Gasteiger charge is -2.32. The first kappa shape index (κ1) is 15.7. The Morgan fingerprint density at radius 2 is 2.10 bits per heavy atom. The van der Waals surface area contributed by atoms with E-state index in [1.54, 1.807) is 19.1 Å². The molecule has 1 fully saturated rings. The third kappa shape index (κ3) is 3.90. The van der Waals surface area contributed by atoms with E-state index in [9.17, 15) is 4.79 Å². The SMILES string of the molecule is CCOC(=O)c1ccc(NC2CCCCC2CC)c(N)c1. The highest BCUT2D eigenvalue weighted by atomic mass is 16.5. The van der Waals surface area contributed by atoms with E-state index in [2.05, 4.69) is 12.2 Å². The van der Waals surface area contributed by atoms with Crippen LogP contribution in [0.15, 0.2) is 18.2 Å². The topological polar surface area (TPSA) is 64.3 Å². The molecule has 4 nitrogen and oxygen atoms in total. The van der Waals surface area contributed by atoms with Gasteiger partial charge in [-0.3, -0.25) is 0 Å². The Kier molecular flexibility index (Phi) is 5.48. The van der Waals surface area contributed by atoms with Crippen molar-refractivity contribution in [2.75, 3.05) is 17.7 Å². The van der Waals surface area contributed by atoms with E-state index in [0.717, 1.165) is 5.69 Å². The van der Waals surface area contributed by atoms with Crippen molar-refractivity contribution in [1.82, 2.24) is 0 Å². The second-order valence-corrected chi connectivity index (χ2v) is 5.73. The van der Waals surface area contributed by atoms with Gasteiger partial charge in [0.25, 0.3) is 0 Å². The van der Waals surface area contributed by atoms with Crippen LogP contribution in [0, 0.1) is 5.92 Å². The summed E-state index contributed by atoms with van der Waals surface area (Å²) in [7, 11) is 0. The van der Waals surface area contributed by atoms with Gasteiger partial charge in [0.15, 0.2) is 0 Å². The predicted octanol–water partition coefficient (Wildman–Crippen LogP) is 3.83. The van der Waals surface area contributed by atoms with E-state index in [4.69, 9.17) is 10.5 Å². The van der Waals surface area contributed by atoms with Crippen LogP contribution in [0.5, 0.6) is 0 Å². The summed E-state index contributed by atoms with van der Waals surface area (Å²) in [5.41, 5.74) is 8.14. The van der Waals surface area contributed by atoms with Crippen molar-refractivity contribution in [3.05, 3.63) is 23.8 Å². The molecule has 0 aromatic heterocycles. The summed E-state index contributed by atoms with van der Waals surface area (Å²) >= 11 is 0. The van der Waals surface area contributed by atoms with Crippen molar-refractivity contribution in [1.29, 1.82) is 0 Å². The molecule has 0 amide bonds. The van der Waals surface area contributed by atoms with Crippen molar-refractivity contribution in [3.63, 3.8) is 0 Å². The Hall–Kier alpha value is -1.71. The number of anilines is 2. The maximum atomic E-state index is 11.7. The highest BCUT2D eigenvalue weighted by Gasteiger charge is 2.24. The number of carbonyl (C=O) groups is 1. The lowest BCUT2D eigenvalue weighted by Crippen LogP contribution is -2.32. The van der Waals surface area contributed by atoms with E-state index >= 15 is 0 Å². The number of rotatable bonds is 5. The van der Waals surface area contributed by atoms with E-state index < -0.39 is 0 Å². The van der Waals surface area contributed by atoms with Crippen LogP contribution in [0.4, 0.5) is 11.4 Å². The van der Waals surface area contributed by atoms with E-state index in [-0.39, 0.29) is 5.97 Å². The number of carbonyl (C=O) groups excluding carboxylic acids is 1. The van der Waals surface area contributed by atoms with Gasteiger partial charge in [-0.25, -0.2) is 4.79 Å². The lowest BCUT2D eigenvalue weighted by molar-refractivity contribution is 0.0526. The first-order valence-electron chi connectivity index (χ1n) is 7.98. The fourth-order valence-electron chi connectivity index (χ4n) is 3.12. The minimum atomic E-state index is -0.320. The van der Waals surface area contributed by atoms with Crippen molar-refractivity contribution in [2.24, 2.45) is 5.92 Å². The summed E-state index contributed by atoms with van der Waals surface area (Å²) in [6, 6.07) is 5.85. The van der Waals surface area contributed by atoms with Crippen LogP contribution in [0.1, 0.15) is 56.3 Å². The quantitative estimate of drug-likeness (QED) is 0.639. The van der Waals surface area contributed by atoms with Gasteiger partial charge in [0.2, 0.25) is 0 Å². The Morgan fingerprint density at radius 3 is 2.76 bits per heavy atom. The summed E-state index contributed by atoms with van der Waals surface area (Å²) < 4.78 is 4.99. The minimum absolute atomic E-state index is 0.320. The molecule has 1 aromatic rings. The van der Waals surface area contributed by atoms with Crippen LogP contribution in [0.3, 0.4) is 0 Å². The molecule has 0 radical (unpaired) electrons. The van der Waals surface area contributed by atoms with Gasteiger partial charge < -0.3 is 15.8 Å². The van der Waals surface area contributed by atoms with Gasteiger partial charge >= 0.3 is 5.97 Å². The first-order valence-corrected chi connectivity index (χ1v) is 7.98. The molecule has 2 atom stereocenters. The number of esters is 1. The minimum Gasteiger partial charge on any atom is -0.462 e. The fraction of sp³-hybridized carbons (Fsp3) is 0.588. The highest BCUT2D eigenvalue weighted by Crippen LogP contribution is 2.31. The molecule has 0 aliphatic heterocycles. The second-order valence-electron chi connectivity index (χ2n) is 5.73. The van der Waals surface area contributed by atoms with Gasteiger partial charge in [0.1, 0.15) is 0 Å². The van der Waals surface area contributed by atoms with Crippen molar-refractivity contribution in [3.8, 4) is 0 Å². The summed E-state index contributed by atoms with van der Waals surface area (Å²) in [6.07, 6.45) is 6.27. The molecule has 0 spiro atoms. The molecule has 116 valence electrons. The maximum Gasteiger partial charge on any atom is 0.338 e. The van der Waals surface area contributed by atoms with E-state index in [1.807, 2.05) is 6.07 Å². The van der Waals surface area contributed by atoms with E-state index in [1.165, 1.54) is 32.1 Å². The monoisotopic (exact) mass is 290 g/mol. The molecule has 1 aromatic carbocycles. The van der Waals surface area contributed by atoms with Crippen LogP contribution in [0.2, 0.25) is 0 Å². The zero-order valence-corrected chi connectivity index (χ0v) is 13.0. The smallest absolute Gasteiger partial charge is 0.338 e. The Balaban J connectivity index is 2.08. The molecule has 2 unspecified atom stereocenters. The average molecular weight is 290 g/mol. The van der Waals surface area contributed by atoms with Gasteiger partial charge in [0.05, 0.1) is 23.5 Å². The first-order chi connectivity index (χ1) is 10.2. The zero-order chi connectivity index (χ0) is 15.2. The van der Waals surface area contributed by atoms with Crippen LogP contribution in [0.25, 0.3) is 0 Å². The summed E-state index contributed by atoms with van der Waals surface area (Å²) in [6.45, 7) is 4.42. The Bertz CT molecular complexity index is 488. The third-order valence-corrected chi connectivity index (χ3v) is 4.34. The lowest BCUT2D eigenvalue weighted by atomic mass is 9.82. The van der Waals surface area contributed by atoms with Crippen molar-refractivity contribution in [2.45, 2.75) is 52.0 Å². The predicted molar refractivity (Wildman–Crippen MR) is 86.5 cm³/mol. The number of nitrogen functional groups attached to an aromatic ring is 1. The maximum absolute atomic E-state index is 11.7. The molecule has 1 aliphatic carbocycles. The molecular formula is C17H26N2O2. The Labute approximate surface area is 127 Å². The van der Waals surface area contributed by atoms with Crippen LogP contribution >= 0.6 is 0 Å². The number of nitrogens with one attached hydrogen (secondary N) is 1. The molecule has 21 heavy (non-hydrogen) atoms. The number of hydrogen-bond donors (Lipinski definition) is 2. The fourth-order valence-corrected chi connectivity index (χ4v) is 3.12. The molecule has 1 saturated carbocycles. The number of benzene rings is 1. The summed E-state index contributed by atoms with van der Waals surface area (Å²) in [4.78, 5) is 11.7. The normalized spacial score (nSPS) is 21.8. The van der Waals surface area contributed by atoms with Gasteiger partial charge in [0, 0.05) is 6.04 Å². The molecular weight excluding hydrogens is 264 g/mol. The van der Waals surface area contributed by atoms with Crippen molar-refractivity contribution < 1.29 is 9.53 Å². The second kappa shape index (κ2) is 7.34. The largest absolute Gasteiger partial charge is 0.462 e. The molecule has 0 saturated heterocycles. The summed E-state index contributed by atoms with van der Waals surface area (Å²) in [5.74, 6) is 0.391. The standard InChI is InChI=1S/C17H26N2O2/c1-3-12-7-5-6-8-15(12)19-16-10-9-13(11-14(16)18)17(20)21-4-2/h9-12,15,19H,3-8,18H2,1-2H3. The number of hydrogen-bond acceptors (Lipinski definition) is 4. The van der Waals surface area contributed by atoms with Gasteiger partial charge in [-0.1, -0.05) is 26.2 Å². The number of nitrogens with two attached hydrogens (primary N) is 1. The Morgan fingerprint density at radius 1 is 1.33 bits per heavy atom. The van der Waals surface area contributed by atoms with Crippen molar-refractivity contribution >= 4 is 17.3 Å². The molecule has 4 heteroatoms. The summed E-state index contributed by atoms with van der Waals surface area (Å²) in [5, 5.41) is 3.57. The number of ether oxygens (including phenoxy) is 1. The molecule has 2 rings (SSSR count). The molecule has 0 bridgehead atoms. The van der Waals surface area contributed by atoms with Gasteiger partial charge in [-0.2, -0.15) is 0 Å². The molecule has 3 N–H and O–H groups in total. The average Bonchev–Trinajstić information content (AvgIpc) is 2.50. The van der Waals surface area contributed by atoms with E-state index in [0.29, 0.717) is 29.8 Å². The van der Waals surface area contributed by atoms with Gasteiger partial charge in [-0.05, 0) is 43.9 Å². The molecule has 0 heterocycles. The highest BCUT2D eigenvalue weighted by molar-refractivity contribution is 5.91. The molecule has 1 aliphatic rings. The van der Waals surface area contributed by atoms with Crippen LogP contribution in [-0.4, -0.2) is 18.6 Å². The zero-order valence-electron chi connectivity index (χ0n) is 13.0. The van der Waals surface area contributed by atoms with Gasteiger partial charge in [-0.15, -0.1) is 0 Å². The third-order valence-electron chi connectivity index (χ3n) is 4.34.